The van der Waals surface area contributed by atoms with E-state index in [0.717, 1.165) is 11.1 Å². The van der Waals surface area contributed by atoms with Gasteiger partial charge in [0.2, 0.25) is 5.91 Å². The van der Waals surface area contributed by atoms with E-state index in [2.05, 4.69) is 34.9 Å². The first kappa shape index (κ1) is 24.5. The normalized spacial score (nSPS) is 18.9. The number of carboxylic acid groups (broad SMARTS) is 1. The number of ether oxygens (including phenoxy) is 1. The highest BCUT2D eigenvalue weighted by molar-refractivity contribution is 5.79. The Hall–Kier alpha value is -3.61. The predicted octanol–water partition coefficient (Wildman–Crippen LogP) is 4.48. The maximum absolute atomic E-state index is 12.5. The van der Waals surface area contributed by atoms with Crippen LogP contribution in [-0.4, -0.2) is 42.3 Å². The number of nitrogens with one attached hydrogen (secondary N) is 2. The van der Waals surface area contributed by atoms with Crippen molar-refractivity contribution < 1.29 is 24.2 Å². The summed E-state index contributed by atoms with van der Waals surface area (Å²) in [5.41, 5.74) is 4.15. The summed E-state index contributed by atoms with van der Waals surface area (Å²) in [7, 11) is 0. The third kappa shape index (κ3) is 5.91. The number of hydrogen-bond acceptors (Lipinski definition) is 4. The fourth-order valence-electron chi connectivity index (χ4n) is 4.91. The fourth-order valence-corrected chi connectivity index (χ4v) is 4.91. The average molecular weight is 477 g/mol. The maximum Gasteiger partial charge on any atom is 0.407 e. The van der Waals surface area contributed by atoms with Gasteiger partial charge in [0.15, 0.2) is 0 Å². The molecule has 0 unspecified atom stereocenters. The summed E-state index contributed by atoms with van der Waals surface area (Å²) in [4.78, 5) is 36.2. The second-order valence-corrected chi connectivity index (χ2v) is 10.1. The van der Waals surface area contributed by atoms with E-state index >= 15 is 0 Å². The second-order valence-electron chi connectivity index (χ2n) is 10.1. The molecule has 184 valence electrons. The molecule has 0 aliphatic heterocycles. The lowest BCUT2D eigenvalue weighted by atomic mass is 9.87. The topological polar surface area (TPSA) is 105 Å². The summed E-state index contributed by atoms with van der Waals surface area (Å²) in [6, 6.07) is 16.1. The van der Waals surface area contributed by atoms with Gasteiger partial charge >= 0.3 is 12.1 Å². The van der Waals surface area contributed by atoms with Crippen LogP contribution in [0.1, 0.15) is 50.2 Å². The molecule has 0 radical (unpaired) electrons. The molecule has 2 aromatic carbocycles. The molecular weight excluding hydrogens is 444 g/mol. The number of carbonyl (C=O) groups excluding carboxylic acids is 2. The standard InChI is InChI=1S/C28H32N2O5/c1-28(2,15-25(31)30-19-9-7-8-18(14-19)26(32)33)17-29-27(34)35-16-24-22-12-5-3-10-20(22)21-11-4-6-13-23(21)24/h3-7,9-13,18-19,24H,8,14-17H2,1-2H3,(H,29,34)(H,30,31)(H,32,33)/t18-,19-/m1/s1. The first-order valence-electron chi connectivity index (χ1n) is 12.0. The van der Waals surface area contributed by atoms with Gasteiger partial charge in [0.25, 0.3) is 0 Å². The van der Waals surface area contributed by atoms with Gasteiger partial charge in [-0.25, -0.2) is 4.79 Å². The van der Waals surface area contributed by atoms with Crippen LogP contribution >= 0.6 is 0 Å². The molecular formula is C28H32N2O5. The van der Waals surface area contributed by atoms with Crippen molar-refractivity contribution in [2.24, 2.45) is 11.3 Å². The molecule has 0 bridgehead atoms. The number of allylic oxidation sites excluding steroid dienone is 1. The number of fused-ring (bicyclic) bond motifs is 3. The number of rotatable bonds is 8. The lowest BCUT2D eigenvalue weighted by molar-refractivity contribution is -0.142. The molecule has 2 aromatic rings. The zero-order chi connectivity index (χ0) is 25.0. The monoisotopic (exact) mass is 476 g/mol. The molecule has 0 saturated carbocycles. The van der Waals surface area contributed by atoms with Gasteiger partial charge in [-0.1, -0.05) is 74.5 Å². The Morgan fingerprint density at radius 1 is 1.03 bits per heavy atom. The molecule has 0 saturated heterocycles. The number of carbonyl (C=O) groups is 3. The Balaban J connectivity index is 1.25. The van der Waals surface area contributed by atoms with Crippen LogP contribution in [0.15, 0.2) is 60.7 Å². The van der Waals surface area contributed by atoms with E-state index in [-0.39, 0.29) is 37.4 Å². The van der Waals surface area contributed by atoms with E-state index in [1.54, 1.807) is 6.08 Å². The Bertz CT molecular complexity index is 1090. The van der Waals surface area contributed by atoms with Crippen LogP contribution in [0.3, 0.4) is 0 Å². The lowest BCUT2D eigenvalue weighted by Crippen LogP contribution is -2.42. The smallest absolute Gasteiger partial charge is 0.407 e. The molecule has 35 heavy (non-hydrogen) atoms. The number of hydrogen-bond donors (Lipinski definition) is 3. The predicted molar refractivity (Wildman–Crippen MR) is 133 cm³/mol. The van der Waals surface area contributed by atoms with Crippen LogP contribution in [-0.2, 0) is 14.3 Å². The highest BCUT2D eigenvalue weighted by atomic mass is 16.5. The van der Waals surface area contributed by atoms with Gasteiger partial charge in [-0.15, -0.1) is 0 Å². The Morgan fingerprint density at radius 2 is 1.66 bits per heavy atom. The van der Waals surface area contributed by atoms with Crippen molar-refractivity contribution in [3.8, 4) is 11.1 Å². The average Bonchev–Trinajstić information content (AvgIpc) is 3.15. The van der Waals surface area contributed by atoms with Crippen LogP contribution in [0.5, 0.6) is 0 Å². The highest BCUT2D eigenvalue weighted by Gasteiger charge is 2.30. The number of carboxylic acids is 1. The zero-order valence-electron chi connectivity index (χ0n) is 20.1. The Kier molecular flexibility index (Phi) is 7.24. The van der Waals surface area contributed by atoms with Crippen molar-refractivity contribution in [2.75, 3.05) is 13.2 Å². The van der Waals surface area contributed by atoms with Crippen molar-refractivity contribution in [3.05, 3.63) is 71.8 Å². The third-order valence-corrected chi connectivity index (χ3v) is 6.72. The number of alkyl carbamates (subject to hydrolysis) is 1. The molecule has 0 spiro atoms. The van der Waals surface area contributed by atoms with Crippen LogP contribution in [0.25, 0.3) is 11.1 Å². The van der Waals surface area contributed by atoms with Gasteiger partial charge in [-0.05, 0) is 40.5 Å². The minimum atomic E-state index is -0.846. The van der Waals surface area contributed by atoms with E-state index in [9.17, 15) is 19.5 Å². The fraction of sp³-hybridized carbons (Fsp3) is 0.393. The molecule has 0 aromatic heterocycles. The Labute approximate surface area is 205 Å². The van der Waals surface area contributed by atoms with Gasteiger partial charge in [-0.3, -0.25) is 9.59 Å². The van der Waals surface area contributed by atoms with Crippen molar-refractivity contribution in [2.45, 2.75) is 45.1 Å². The Morgan fingerprint density at radius 3 is 2.29 bits per heavy atom. The molecule has 2 aliphatic carbocycles. The molecule has 4 rings (SSSR count). The third-order valence-electron chi connectivity index (χ3n) is 6.72. The molecule has 3 N–H and O–H groups in total. The van der Waals surface area contributed by atoms with Crippen molar-refractivity contribution >= 4 is 18.0 Å². The van der Waals surface area contributed by atoms with Gasteiger partial charge in [0, 0.05) is 24.9 Å². The van der Waals surface area contributed by atoms with Crippen molar-refractivity contribution in [1.29, 1.82) is 0 Å². The van der Waals surface area contributed by atoms with E-state index < -0.39 is 23.4 Å². The second kappa shape index (κ2) is 10.3. The molecule has 0 fully saturated rings. The van der Waals surface area contributed by atoms with E-state index in [1.807, 2.05) is 44.2 Å². The van der Waals surface area contributed by atoms with E-state index in [0.29, 0.717) is 12.8 Å². The summed E-state index contributed by atoms with van der Waals surface area (Å²) in [6.45, 7) is 4.30. The summed E-state index contributed by atoms with van der Waals surface area (Å²) in [5.74, 6) is -1.51. The minimum absolute atomic E-state index is 0.00915. The van der Waals surface area contributed by atoms with Crippen LogP contribution in [0, 0.1) is 11.3 Å². The van der Waals surface area contributed by atoms with E-state index in [1.165, 1.54) is 11.1 Å². The van der Waals surface area contributed by atoms with Gasteiger partial charge in [0.05, 0.1) is 5.92 Å². The summed E-state index contributed by atoms with van der Waals surface area (Å²) in [5, 5.41) is 14.9. The SMILES string of the molecule is CC(C)(CNC(=O)OCC1c2ccccc2-c2ccccc21)CC(=O)N[C@@H]1C=CC[C@@H](C(=O)O)C1. The number of benzene rings is 2. The molecule has 2 amide bonds. The van der Waals surface area contributed by atoms with E-state index in [4.69, 9.17) is 4.74 Å². The quantitative estimate of drug-likeness (QED) is 0.488. The minimum Gasteiger partial charge on any atom is -0.481 e. The van der Waals surface area contributed by atoms with Crippen LogP contribution in [0.4, 0.5) is 4.79 Å². The zero-order valence-corrected chi connectivity index (χ0v) is 20.1. The maximum atomic E-state index is 12.5. The largest absolute Gasteiger partial charge is 0.481 e. The molecule has 7 nitrogen and oxygen atoms in total. The molecule has 2 aliphatic rings. The summed E-state index contributed by atoms with van der Waals surface area (Å²) >= 11 is 0. The molecule has 2 atom stereocenters. The summed E-state index contributed by atoms with van der Waals surface area (Å²) in [6.07, 6.45) is 4.20. The highest BCUT2D eigenvalue weighted by Crippen LogP contribution is 2.44. The van der Waals surface area contributed by atoms with Crippen LogP contribution < -0.4 is 10.6 Å². The first-order valence-corrected chi connectivity index (χ1v) is 12.0. The molecule has 0 heterocycles. The van der Waals surface area contributed by atoms with Crippen molar-refractivity contribution in [1.82, 2.24) is 10.6 Å². The van der Waals surface area contributed by atoms with Gasteiger partial charge < -0.3 is 20.5 Å². The van der Waals surface area contributed by atoms with Gasteiger partial charge in [0.1, 0.15) is 6.61 Å². The number of aliphatic carboxylic acids is 1. The van der Waals surface area contributed by atoms with Gasteiger partial charge in [-0.2, -0.15) is 0 Å². The lowest BCUT2D eigenvalue weighted by Gasteiger charge is -2.27. The van der Waals surface area contributed by atoms with Crippen LogP contribution in [0.2, 0.25) is 0 Å². The van der Waals surface area contributed by atoms with Crippen molar-refractivity contribution in [3.63, 3.8) is 0 Å². The summed E-state index contributed by atoms with van der Waals surface area (Å²) < 4.78 is 5.58. The first-order chi connectivity index (χ1) is 16.7. The molecule has 7 heteroatoms. The number of amides is 2.